The molecule has 0 unspecified atom stereocenters. The van der Waals surface area contributed by atoms with Crippen LogP contribution in [0.3, 0.4) is 0 Å². The van der Waals surface area contributed by atoms with Crippen molar-refractivity contribution >= 4 is 39.3 Å². The van der Waals surface area contributed by atoms with E-state index >= 15 is 0 Å². The Hall–Kier alpha value is -2.05. The summed E-state index contributed by atoms with van der Waals surface area (Å²) in [5, 5.41) is 3.56. The Morgan fingerprint density at radius 1 is 1.19 bits per heavy atom. The molecule has 1 atom stereocenters. The largest absolute Gasteiger partial charge is 0.483 e. The second-order valence-electron chi connectivity index (χ2n) is 8.54. The number of carbonyl (C=O) groups is 2. The van der Waals surface area contributed by atoms with Gasteiger partial charge in [-0.1, -0.05) is 48.4 Å². The summed E-state index contributed by atoms with van der Waals surface area (Å²) in [7, 11) is 0. The van der Waals surface area contributed by atoms with Gasteiger partial charge >= 0.3 is 0 Å². The predicted molar refractivity (Wildman–Crippen MR) is 128 cm³/mol. The van der Waals surface area contributed by atoms with E-state index in [1.165, 1.54) is 0 Å². The highest BCUT2D eigenvalue weighted by Crippen LogP contribution is 2.28. The van der Waals surface area contributed by atoms with Gasteiger partial charge in [-0.05, 0) is 73.8 Å². The van der Waals surface area contributed by atoms with Crippen LogP contribution in [0.1, 0.15) is 45.2 Å². The maximum atomic E-state index is 13.2. The monoisotopic (exact) mass is 508 g/mol. The molecule has 2 amide bonds. The number of ether oxygens (including phenoxy) is 1. The molecule has 2 aromatic rings. The van der Waals surface area contributed by atoms with Gasteiger partial charge in [-0.3, -0.25) is 9.59 Å². The minimum atomic E-state index is -0.607. The molecular weight excluding hydrogens is 480 g/mol. The Labute approximate surface area is 198 Å². The molecule has 0 aliphatic carbocycles. The van der Waals surface area contributed by atoms with Crippen molar-refractivity contribution in [1.29, 1.82) is 0 Å². The van der Waals surface area contributed by atoms with Crippen molar-refractivity contribution in [2.75, 3.05) is 6.61 Å². The summed E-state index contributed by atoms with van der Waals surface area (Å²) in [6, 6.07) is 12.4. The maximum Gasteiger partial charge on any atom is 0.261 e. The maximum absolute atomic E-state index is 13.2. The first-order chi connectivity index (χ1) is 14.5. The summed E-state index contributed by atoms with van der Waals surface area (Å²) in [5.41, 5.74) is 1.66. The van der Waals surface area contributed by atoms with E-state index < -0.39 is 11.6 Å². The number of hydrogen-bond acceptors (Lipinski definition) is 3. The number of halogens is 2. The summed E-state index contributed by atoms with van der Waals surface area (Å²) in [4.78, 5) is 27.8. The van der Waals surface area contributed by atoms with Crippen LogP contribution in [0.15, 0.2) is 46.9 Å². The first-order valence-electron chi connectivity index (χ1n) is 10.2. The molecule has 2 rings (SSSR count). The summed E-state index contributed by atoms with van der Waals surface area (Å²) < 4.78 is 6.41. The summed E-state index contributed by atoms with van der Waals surface area (Å²) >= 11 is 9.37. The van der Waals surface area contributed by atoms with Crippen molar-refractivity contribution in [2.24, 2.45) is 0 Å². The third-order valence-corrected chi connectivity index (χ3v) is 5.42. The van der Waals surface area contributed by atoms with Gasteiger partial charge < -0.3 is 15.0 Å². The minimum absolute atomic E-state index is 0.177. The summed E-state index contributed by atoms with van der Waals surface area (Å²) in [6.45, 7) is 9.80. The fourth-order valence-corrected chi connectivity index (χ4v) is 3.99. The molecule has 0 aliphatic rings. The van der Waals surface area contributed by atoms with Crippen LogP contribution in [0.2, 0.25) is 5.02 Å². The number of amides is 2. The number of benzene rings is 2. The van der Waals surface area contributed by atoms with Crippen molar-refractivity contribution < 1.29 is 14.3 Å². The van der Waals surface area contributed by atoms with Gasteiger partial charge in [-0.15, -0.1) is 0 Å². The Kier molecular flexibility index (Phi) is 8.95. The van der Waals surface area contributed by atoms with Gasteiger partial charge in [0.2, 0.25) is 5.91 Å². The van der Waals surface area contributed by atoms with E-state index in [2.05, 4.69) is 21.2 Å². The Morgan fingerprint density at radius 3 is 2.48 bits per heavy atom. The Balaban J connectivity index is 2.26. The molecule has 0 bridgehead atoms. The van der Waals surface area contributed by atoms with Crippen LogP contribution in [-0.4, -0.2) is 34.9 Å². The fourth-order valence-electron chi connectivity index (χ4n) is 3.19. The molecule has 2 aromatic carbocycles. The lowest BCUT2D eigenvalue weighted by Gasteiger charge is -2.33. The van der Waals surface area contributed by atoms with E-state index in [4.69, 9.17) is 16.3 Å². The molecule has 0 aliphatic heterocycles. The second kappa shape index (κ2) is 11.0. The number of nitrogens with zero attached hydrogens (tertiary/aromatic N) is 1. The lowest BCUT2D eigenvalue weighted by atomic mass is 10.1. The molecule has 7 heteroatoms. The molecule has 168 valence electrons. The molecule has 0 saturated carbocycles. The SMILES string of the molecule is CC[C@H](C(=O)NC(C)(C)C)N(Cc1cccc(C)c1)C(=O)COc1ccc(Cl)cc1Br. The fraction of sp³-hybridized carbons (Fsp3) is 0.417. The van der Waals surface area contributed by atoms with Crippen molar-refractivity contribution in [3.63, 3.8) is 0 Å². The van der Waals surface area contributed by atoms with Crippen LogP contribution < -0.4 is 10.1 Å². The number of nitrogens with one attached hydrogen (secondary N) is 1. The quantitative estimate of drug-likeness (QED) is 0.510. The Bertz CT molecular complexity index is 927. The summed E-state index contributed by atoms with van der Waals surface area (Å²) in [6.07, 6.45) is 0.490. The molecule has 0 saturated heterocycles. The van der Waals surface area contributed by atoms with Crippen LogP contribution in [-0.2, 0) is 16.1 Å². The molecule has 0 heterocycles. The minimum Gasteiger partial charge on any atom is -0.483 e. The molecule has 0 radical (unpaired) electrons. The van der Waals surface area contributed by atoms with Crippen LogP contribution in [0, 0.1) is 6.92 Å². The second-order valence-corrected chi connectivity index (χ2v) is 9.83. The smallest absolute Gasteiger partial charge is 0.261 e. The lowest BCUT2D eigenvalue weighted by molar-refractivity contribution is -0.143. The van der Waals surface area contributed by atoms with Crippen molar-refractivity contribution in [3.05, 3.63) is 63.1 Å². The average molecular weight is 510 g/mol. The van der Waals surface area contributed by atoms with Gasteiger partial charge in [0.25, 0.3) is 5.91 Å². The number of aryl methyl sites for hydroxylation is 1. The number of carbonyl (C=O) groups excluding carboxylic acids is 2. The summed E-state index contributed by atoms with van der Waals surface area (Å²) in [5.74, 6) is 0.0726. The van der Waals surface area contributed by atoms with Gasteiger partial charge in [0.1, 0.15) is 11.8 Å². The highest BCUT2D eigenvalue weighted by atomic mass is 79.9. The lowest BCUT2D eigenvalue weighted by Crippen LogP contribution is -2.54. The van der Waals surface area contributed by atoms with Gasteiger partial charge in [-0.2, -0.15) is 0 Å². The zero-order valence-corrected chi connectivity index (χ0v) is 21.0. The van der Waals surface area contributed by atoms with Crippen molar-refractivity contribution in [2.45, 2.75) is 59.2 Å². The molecule has 0 aromatic heterocycles. The number of rotatable bonds is 8. The van der Waals surface area contributed by atoms with Gasteiger partial charge in [-0.25, -0.2) is 0 Å². The standard InChI is InChI=1S/C24H30BrClN2O3/c1-6-20(23(30)27-24(3,4)5)28(14-17-9-7-8-16(2)12-17)22(29)15-31-21-11-10-18(26)13-19(21)25/h7-13,20H,6,14-15H2,1-5H3,(H,27,30)/t20-/m1/s1. The van der Waals surface area contributed by atoms with E-state index in [0.29, 0.717) is 28.2 Å². The number of hydrogen-bond donors (Lipinski definition) is 1. The average Bonchev–Trinajstić information content (AvgIpc) is 2.65. The third-order valence-electron chi connectivity index (χ3n) is 4.56. The predicted octanol–water partition coefficient (Wildman–Crippen LogP) is 5.51. The van der Waals surface area contributed by atoms with Crippen molar-refractivity contribution in [3.8, 4) is 5.75 Å². The molecular formula is C24H30BrClN2O3. The Morgan fingerprint density at radius 2 is 1.90 bits per heavy atom. The first-order valence-corrected chi connectivity index (χ1v) is 11.4. The molecule has 5 nitrogen and oxygen atoms in total. The first kappa shape index (κ1) is 25.2. The van der Waals surface area contributed by atoms with E-state index in [9.17, 15) is 9.59 Å². The topological polar surface area (TPSA) is 58.6 Å². The van der Waals surface area contributed by atoms with E-state index in [0.717, 1.165) is 11.1 Å². The van der Waals surface area contributed by atoms with E-state index in [1.54, 1.807) is 23.1 Å². The van der Waals surface area contributed by atoms with Gasteiger partial charge in [0.05, 0.1) is 4.47 Å². The van der Waals surface area contributed by atoms with Crippen LogP contribution >= 0.6 is 27.5 Å². The third kappa shape index (κ3) is 7.86. The highest BCUT2D eigenvalue weighted by Gasteiger charge is 2.31. The highest BCUT2D eigenvalue weighted by molar-refractivity contribution is 9.10. The molecule has 31 heavy (non-hydrogen) atoms. The van der Waals surface area contributed by atoms with Crippen LogP contribution in [0.4, 0.5) is 0 Å². The van der Waals surface area contributed by atoms with E-state index in [-0.39, 0.29) is 18.4 Å². The van der Waals surface area contributed by atoms with Gasteiger partial charge in [0, 0.05) is 17.1 Å². The molecule has 1 N–H and O–H groups in total. The van der Waals surface area contributed by atoms with Crippen molar-refractivity contribution in [1.82, 2.24) is 10.2 Å². The molecule has 0 fully saturated rings. The normalized spacial score (nSPS) is 12.2. The van der Waals surface area contributed by atoms with E-state index in [1.807, 2.05) is 58.9 Å². The van der Waals surface area contributed by atoms with Gasteiger partial charge in [0.15, 0.2) is 6.61 Å². The zero-order chi connectivity index (χ0) is 23.2. The van der Waals surface area contributed by atoms with Crippen LogP contribution in [0.5, 0.6) is 5.75 Å². The zero-order valence-electron chi connectivity index (χ0n) is 18.7. The van der Waals surface area contributed by atoms with Crippen LogP contribution in [0.25, 0.3) is 0 Å². The molecule has 0 spiro atoms.